The van der Waals surface area contributed by atoms with Crippen molar-refractivity contribution in [3.05, 3.63) is 82.8 Å². The molecule has 0 radical (unpaired) electrons. The molecule has 4 rings (SSSR count). The zero-order valence-electron chi connectivity index (χ0n) is 17.6. The summed E-state index contributed by atoms with van der Waals surface area (Å²) in [7, 11) is -7.59. The van der Waals surface area contributed by atoms with Gasteiger partial charge in [-0.3, -0.25) is 4.72 Å². The average molecular weight is 537 g/mol. The first kappa shape index (κ1) is 24.2. The Morgan fingerprint density at radius 3 is 1.76 bits per heavy atom. The fraction of sp³-hybridized carbons (Fsp3) is 0.0455. The first-order valence-electron chi connectivity index (χ1n) is 9.68. The van der Waals surface area contributed by atoms with E-state index in [2.05, 4.69) is 9.82 Å². The standard InChI is InChI=1S/C22H18Cl2N4O4S2/c1-33(29,30)27-21-20(14-2-6-16(23)7-3-14)26-28(22(21)15-4-8-17(24)9-5-15)18-10-12-19(13-11-18)34(25,31)32/h2-13,27H,1H3,(H2,25,31,32). The van der Waals surface area contributed by atoms with Gasteiger partial charge in [0.2, 0.25) is 20.0 Å². The number of sulfonamides is 2. The molecule has 12 heteroatoms. The Morgan fingerprint density at radius 2 is 1.29 bits per heavy atom. The molecule has 1 heterocycles. The number of hydrogen-bond donors (Lipinski definition) is 2. The first-order chi connectivity index (χ1) is 15.9. The lowest BCUT2D eigenvalue weighted by Gasteiger charge is -2.12. The zero-order chi connectivity index (χ0) is 24.7. The minimum atomic E-state index is -3.89. The van der Waals surface area contributed by atoms with E-state index in [9.17, 15) is 16.8 Å². The van der Waals surface area contributed by atoms with E-state index in [1.807, 2.05) is 0 Å². The molecular formula is C22H18Cl2N4O4S2. The normalized spacial score (nSPS) is 12.0. The molecule has 4 aromatic rings. The van der Waals surface area contributed by atoms with Crippen molar-refractivity contribution in [3.63, 3.8) is 0 Å². The molecule has 0 saturated carbocycles. The van der Waals surface area contributed by atoms with Crippen LogP contribution in [-0.2, 0) is 20.0 Å². The molecule has 3 N–H and O–H groups in total. The lowest BCUT2D eigenvalue weighted by atomic mass is 10.1. The topological polar surface area (TPSA) is 124 Å². The van der Waals surface area contributed by atoms with E-state index in [1.165, 1.54) is 28.9 Å². The molecule has 0 aliphatic rings. The summed E-state index contributed by atoms with van der Waals surface area (Å²) in [6.07, 6.45) is 1.04. The van der Waals surface area contributed by atoms with E-state index in [0.29, 0.717) is 38.2 Å². The fourth-order valence-electron chi connectivity index (χ4n) is 3.35. The number of aromatic nitrogens is 2. The average Bonchev–Trinajstić information content (AvgIpc) is 3.12. The van der Waals surface area contributed by atoms with E-state index in [-0.39, 0.29) is 10.6 Å². The van der Waals surface area contributed by atoms with E-state index in [1.54, 1.807) is 48.5 Å². The van der Waals surface area contributed by atoms with Crippen LogP contribution < -0.4 is 9.86 Å². The lowest BCUT2D eigenvalue weighted by Crippen LogP contribution is -2.12. The number of rotatable bonds is 6. The molecule has 1 aromatic heterocycles. The lowest BCUT2D eigenvalue weighted by molar-refractivity contribution is 0.597. The van der Waals surface area contributed by atoms with Gasteiger partial charge in [0.05, 0.1) is 22.5 Å². The molecule has 0 aliphatic heterocycles. The van der Waals surface area contributed by atoms with Crippen molar-refractivity contribution in [3.8, 4) is 28.2 Å². The molecule has 0 unspecified atom stereocenters. The summed E-state index contributed by atoms with van der Waals surface area (Å²) in [5, 5.41) is 10.9. The van der Waals surface area contributed by atoms with Crippen molar-refractivity contribution in [2.24, 2.45) is 5.14 Å². The number of nitrogens with one attached hydrogen (secondary N) is 1. The monoisotopic (exact) mass is 536 g/mol. The summed E-state index contributed by atoms with van der Waals surface area (Å²) in [5.74, 6) is 0. The second-order valence-electron chi connectivity index (χ2n) is 7.41. The van der Waals surface area contributed by atoms with Gasteiger partial charge in [0.15, 0.2) is 0 Å². The Kier molecular flexibility index (Phi) is 6.45. The van der Waals surface area contributed by atoms with Crippen LogP contribution in [0.15, 0.2) is 77.7 Å². The van der Waals surface area contributed by atoms with Gasteiger partial charge in [-0.2, -0.15) is 5.10 Å². The van der Waals surface area contributed by atoms with Gasteiger partial charge in [0.1, 0.15) is 11.4 Å². The van der Waals surface area contributed by atoms with Crippen LogP contribution in [-0.4, -0.2) is 32.9 Å². The predicted molar refractivity (Wildman–Crippen MR) is 134 cm³/mol. The number of halogens is 2. The van der Waals surface area contributed by atoms with Crippen LogP contribution in [0.2, 0.25) is 10.0 Å². The summed E-state index contributed by atoms with van der Waals surface area (Å²) in [6, 6.07) is 19.3. The summed E-state index contributed by atoms with van der Waals surface area (Å²) in [4.78, 5) is -0.0659. The largest absolute Gasteiger partial charge is 0.279 e. The van der Waals surface area contributed by atoms with Crippen LogP contribution in [0.3, 0.4) is 0 Å². The number of hydrogen-bond acceptors (Lipinski definition) is 5. The van der Waals surface area contributed by atoms with Crippen molar-refractivity contribution < 1.29 is 16.8 Å². The highest BCUT2D eigenvalue weighted by atomic mass is 35.5. The van der Waals surface area contributed by atoms with E-state index >= 15 is 0 Å². The maximum Gasteiger partial charge on any atom is 0.238 e. The van der Waals surface area contributed by atoms with E-state index in [4.69, 9.17) is 28.3 Å². The minimum absolute atomic E-state index is 0.0659. The quantitative estimate of drug-likeness (QED) is 0.374. The molecule has 0 saturated heterocycles. The first-order valence-corrected chi connectivity index (χ1v) is 13.9. The third kappa shape index (κ3) is 5.26. The highest BCUT2D eigenvalue weighted by Gasteiger charge is 2.24. The molecule has 34 heavy (non-hydrogen) atoms. The molecule has 0 aliphatic carbocycles. The fourth-order valence-corrected chi connectivity index (χ4v) is 4.68. The number of nitrogens with two attached hydrogens (primary N) is 1. The zero-order valence-corrected chi connectivity index (χ0v) is 20.8. The molecule has 8 nitrogen and oxygen atoms in total. The van der Waals surface area contributed by atoms with Gasteiger partial charge in [-0.25, -0.2) is 26.7 Å². The van der Waals surface area contributed by atoms with Crippen LogP contribution in [0.1, 0.15) is 0 Å². The van der Waals surface area contributed by atoms with Crippen LogP contribution in [0, 0.1) is 0 Å². The highest BCUT2D eigenvalue weighted by Crippen LogP contribution is 2.39. The molecule has 0 bridgehead atoms. The van der Waals surface area contributed by atoms with Crippen molar-refractivity contribution in [1.82, 2.24) is 9.78 Å². The molecule has 0 atom stereocenters. The minimum Gasteiger partial charge on any atom is -0.279 e. The van der Waals surface area contributed by atoms with Crippen molar-refractivity contribution in [2.45, 2.75) is 4.90 Å². The number of primary sulfonamides is 1. The van der Waals surface area contributed by atoms with E-state index < -0.39 is 20.0 Å². The predicted octanol–water partition coefficient (Wildman–Crippen LogP) is 4.53. The van der Waals surface area contributed by atoms with Crippen LogP contribution in [0.25, 0.3) is 28.2 Å². The SMILES string of the molecule is CS(=O)(=O)Nc1c(-c2ccc(Cl)cc2)nn(-c2ccc(S(N)(=O)=O)cc2)c1-c1ccc(Cl)cc1. The van der Waals surface area contributed by atoms with Crippen LogP contribution >= 0.6 is 23.2 Å². The maximum atomic E-state index is 12.3. The van der Waals surface area contributed by atoms with Gasteiger partial charge in [-0.05, 0) is 48.5 Å². The molecule has 0 spiro atoms. The van der Waals surface area contributed by atoms with Gasteiger partial charge >= 0.3 is 0 Å². The molecule has 176 valence electrons. The van der Waals surface area contributed by atoms with Gasteiger partial charge in [0, 0.05) is 21.2 Å². The number of nitrogens with zero attached hydrogens (tertiary/aromatic N) is 2. The Balaban J connectivity index is 2.04. The van der Waals surface area contributed by atoms with Crippen LogP contribution in [0.4, 0.5) is 5.69 Å². The summed E-state index contributed by atoms with van der Waals surface area (Å²) in [6.45, 7) is 0. The highest BCUT2D eigenvalue weighted by molar-refractivity contribution is 7.92. The number of anilines is 1. The van der Waals surface area contributed by atoms with Gasteiger partial charge in [0.25, 0.3) is 0 Å². The number of benzene rings is 3. The second kappa shape index (κ2) is 9.05. The summed E-state index contributed by atoms with van der Waals surface area (Å²) >= 11 is 12.1. The molecule has 0 amide bonds. The molecule has 3 aromatic carbocycles. The smallest absolute Gasteiger partial charge is 0.238 e. The van der Waals surface area contributed by atoms with E-state index in [0.717, 1.165) is 6.26 Å². The molecular weight excluding hydrogens is 519 g/mol. The Hall–Kier alpha value is -2.89. The Morgan fingerprint density at radius 1 is 0.794 bits per heavy atom. The third-order valence-electron chi connectivity index (χ3n) is 4.82. The summed E-state index contributed by atoms with van der Waals surface area (Å²) < 4.78 is 52.1. The van der Waals surface area contributed by atoms with Gasteiger partial charge in [-0.15, -0.1) is 0 Å². The van der Waals surface area contributed by atoms with Gasteiger partial charge in [-0.1, -0.05) is 47.5 Å². The third-order valence-corrected chi connectivity index (χ3v) is 6.83. The molecule has 0 fully saturated rings. The van der Waals surface area contributed by atoms with Crippen molar-refractivity contribution in [1.29, 1.82) is 0 Å². The second-order valence-corrected chi connectivity index (χ2v) is 11.6. The van der Waals surface area contributed by atoms with Gasteiger partial charge < -0.3 is 0 Å². The Labute approximate surface area is 207 Å². The van der Waals surface area contributed by atoms with Crippen LogP contribution in [0.5, 0.6) is 0 Å². The maximum absolute atomic E-state index is 12.3. The Bertz CT molecular complexity index is 1570. The summed E-state index contributed by atoms with van der Waals surface area (Å²) in [5.41, 5.74) is 2.74. The van der Waals surface area contributed by atoms with Crippen molar-refractivity contribution in [2.75, 3.05) is 11.0 Å². The van der Waals surface area contributed by atoms with Crippen molar-refractivity contribution >= 4 is 48.9 Å².